The highest BCUT2D eigenvalue weighted by Crippen LogP contribution is 2.27. The molecule has 1 heterocycles. The number of hydrogen-bond acceptors (Lipinski definition) is 4. The number of carbonyl (C=O) groups excluding carboxylic acids is 1. The van der Waals surface area contributed by atoms with Crippen LogP contribution in [0.5, 0.6) is 0 Å². The molecule has 192 valence electrons. The summed E-state index contributed by atoms with van der Waals surface area (Å²) in [4.78, 5) is 18.7. The van der Waals surface area contributed by atoms with Crippen molar-refractivity contribution in [3.8, 4) is 0 Å². The monoisotopic (exact) mass is 533 g/mol. The Morgan fingerprint density at radius 3 is 2.38 bits per heavy atom. The molecule has 0 fully saturated rings. The molecule has 3 atom stereocenters. The topological polar surface area (TPSA) is 91.3 Å². The predicted molar refractivity (Wildman–Crippen MR) is 151 cm³/mol. The zero-order valence-electron chi connectivity index (χ0n) is 20.9. The van der Waals surface area contributed by atoms with Gasteiger partial charge in [-0.1, -0.05) is 79.2 Å². The molecular weight excluding hydrogens is 502 g/mol. The lowest BCUT2D eigenvalue weighted by molar-refractivity contribution is -0.123. The molecule has 3 N–H and O–H groups in total. The number of amides is 1. The number of anilines is 1. The molecule has 0 radical (unpaired) electrons. The molecule has 3 aromatic carbocycles. The first-order chi connectivity index (χ1) is 17.9. The van der Waals surface area contributed by atoms with Gasteiger partial charge in [0.05, 0.1) is 17.7 Å². The smallest absolute Gasteiger partial charge is 0.259 e. The van der Waals surface area contributed by atoms with Crippen LogP contribution in [0, 0.1) is 6.92 Å². The SMILES string of the molecule is CCc1csc([C@H](Cc2ccc(NS(=O)O)cc2)NC(=O)C(Cc2ccccc2)c2cccc(C)c2)n1. The highest BCUT2D eigenvalue weighted by molar-refractivity contribution is 7.80. The van der Waals surface area contributed by atoms with Gasteiger partial charge < -0.3 is 5.32 Å². The number of nitrogens with one attached hydrogen (secondary N) is 2. The van der Waals surface area contributed by atoms with Crippen LogP contribution >= 0.6 is 11.3 Å². The Hall–Kier alpha value is -3.33. The first-order valence-corrected chi connectivity index (χ1v) is 14.2. The molecule has 8 heteroatoms. The zero-order valence-corrected chi connectivity index (χ0v) is 22.5. The van der Waals surface area contributed by atoms with Crippen molar-refractivity contribution in [1.82, 2.24) is 10.3 Å². The lowest BCUT2D eigenvalue weighted by Crippen LogP contribution is -2.35. The van der Waals surface area contributed by atoms with Crippen LogP contribution in [-0.4, -0.2) is 19.7 Å². The molecule has 4 rings (SSSR count). The minimum absolute atomic E-state index is 0.0401. The van der Waals surface area contributed by atoms with E-state index in [-0.39, 0.29) is 17.9 Å². The number of rotatable bonds is 11. The highest BCUT2D eigenvalue weighted by atomic mass is 32.2. The second-order valence-corrected chi connectivity index (χ2v) is 10.6. The van der Waals surface area contributed by atoms with Crippen LogP contribution in [0.2, 0.25) is 0 Å². The van der Waals surface area contributed by atoms with Gasteiger partial charge in [-0.2, -0.15) is 0 Å². The third-order valence-electron chi connectivity index (χ3n) is 6.19. The van der Waals surface area contributed by atoms with Gasteiger partial charge in [0, 0.05) is 11.1 Å². The van der Waals surface area contributed by atoms with Gasteiger partial charge in [0.1, 0.15) is 5.01 Å². The van der Waals surface area contributed by atoms with E-state index in [1.165, 1.54) is 0 Å². The van der Waals surface area contributed by atoms with Crippen molar-refractivity contribution in [2.24, 2.45) is 0 Å². The molecular formula is C29H31N3O3S2. The Kier molecular flexibility index (Phi) is 9.22. The molecule has 0 aliphatic carbocycles. The van der Waals surface area contributed by atoms with E-state index < -0.39 is 11.3 Å². The standard InChI is InChI=1S/C29H31N3O3S2/c1-3-24-19-36-29(30-24)27(18-22-12-14-25(15-13-22)32-37(34)35)31-28(33)26(17-21-9-5-4-6-10-21)23-11-7-8-20(2)16-23/h4-16,19,26-27,32H,3,17-18H2,1-2H3,(H,31,33)(H,34,35)/t26?,27-/m0/s1. The Morgan fingerprint density at radius 2 is 1.73 bits per heavy atom. The summed E-state index contributed by atoms with van der Waals surface area (Å²) >= 11 is -0.570. The predicted octanol–water partition coefficient (Wildman–Crippen LogP) is 5.99. The molecule has 0 aliphatic rings. The largest absolute Gasteiger partial charge is 0.346 e. The summed E-state index contributed by atoms with van der Waals surface area (Å²) in [5, 5.41) is 6.22. The van der Waals surface area contributed by atoms with Crippen molar-refractivity contribution in [3.63, 3.8) is 0 Å². The van der Waals surface area contributed by atoms with E-state index in [2.05, 4.69) is 35.2 Å². The molecule has 1 aromatic heterocycles. The molecule has 0 saturated heterocycles. The molecule has 0 saturated carbocycles. The minimum Gasteiger partial charge on any atom is -0.346 e. The van der Waals surface area contributed by atoms with Crippen molar-refractivity contribution in [1.29, 1.82) is 0 Å². The number of benzene rings is 3. The lowest BCUT2D eigenvalue weighted by atomic mass is 9.90. The van der Waals surface area contributed by atoms with Crippen LogP contribution in [0.25, 0.3) is 0 Å². The zero-order chi connectivity index (χ0) is 26.2. The van der Waals surface area contributed by atoms with Crippen LogP contribution < -0.4 is 10.0 Å². The van der Waals surface area contributed by atoms with E-state index in [9.17, 15) is 9.00 Å². The minimum atomic E-state index is -2.13. The second-order valence-electron chi connectivity index (χ2n) is 9.00. The average Bonchev–Trinajstić information content (AvgIpc) is 3.38. The Labute approximate surface area is 224 Å². The molecule has 37 heavy (non-hydrogen) atoms. The van der Waals surface area contributed by atoms with Gasteiger partial charge in [0.2, 0.25) is 5.91 Å². The van der Waals surface area contributed by atoms with E-state index >= 15 is 0 Å². The molecule has 2 unspecified atom stereocenters. The molecule has 4 aromatic rings. The van der Waals surface area contributed by atoms with Crippen molar-refractivity contribution in [2.45, 2.75) is 45.1 Å². The van der Waals surface area contributed by atoms with Gasteiger partial charge in [0.25, 0.3) is 11.3 Å². The van der Waals surface area contributed by atoms with E-state index in [4.69, 9.17) is 9.54 Å². The van der Waals surface area contributed by atoms with E-state index in [1.54, 1.807) is 23.5 Å². The first kappa shape index (κ1) is 26.7. The third-order valence-corrected chi connectivity index (χ3v) is 7.61. The summed E-state index contributed by atoms with van der Waals surface area (Å²) in [7, 11) is 0. The fourth-order valence-corrected chi connectivity index (χ4v) is 5.55. The Balaban J connectivity index is 1.61. The van der Waals surface area contributed by atoms with Gasteiger partial charge in [-0.3, -0.25) is 14.1 Å². The van der Waals surface area contributed by atoms with Crippen LogP contribution in [0.15, 0.2) is 84.2 Å². The van der Waals surface area contributed by atoms with Gasteiger partial charge in [-0.05, 0) is 55.0 Å². The van der Waals surface area contributed by atoms with Crippen molar-refractivity contribution in [2.75, 3.05) is 4.72 Å². The van der Waals surface area contributed by atoms with Crippen molar-refractivity contribution >= 4 is 34.2 Å². The molecule has 1 amide bonds. The molecule has 0 aliphatic heterocycles. The number of nitrogens with zero attached hydrogens (tertiary/aromatic N) is 1. The van der Waals surface area contributed by atoms with Crippen LogP contribution in [0.3, 0.4) is 0 Å². The number of aromatic nitrogens is 1. The summed E-state index contributed by atoms with van der Waals surface area (Å²) in [5.74, 6) is -0.386. The number of aryl methyl sites for hydroxylation is 2. The molecule has 6 nitrogen and oxygen atoms in total. The molecule has 0 spiro atoms. The highest BCUT2D eigenvalue weighted by Gasteiger charge is 2.26. The second kappa shape index (κ2) is 12.8. The van der Waals surface area contributed by atoms with Gasteiger partial charge in [-0.25, -0.2) is 9.19 Å². The third kappa shape index (κ3) is 7.58. The molecule has 0 bridgehead atoms. The Morgan fingerprint density at radius 1 is 1.00 bits per heavy atom. The van der Waals surface area contributed by atoms with Gasteiger partial charge in [-0.15, -0.1) is 11.3 Å². The number of thiazole rings is 1. The fourth-order valence-electron chi connectivity index (χ4n) is 4.26. The van der Waals surface area contributed by atoms with Crippen LogP contribution in [0.1, 0.15) is 51.8 Å². The first-order valence-electron chi connectivity index (χ1n) is 12.2. The number of hydrogen-bond donors (Lipinski definition) is 3. The van der Waals surface area contributed by atoms with E-state index in [1.807, 2.05) is 60.8 Å². The lowest BCUT2D eigenvalue weighted by Gasteiger charge is -2.23. The van der Waals surface area contributed by atoms with E-state index in [0.717, 1.165) is 39.4 Å². The summed E-state index contributed by atoms with van der Waals surface area (Å²) < 4.78 is 22.6. The summed E-state index contributed by atoms with van der Waals surface area (Å²) in [6.45, 7) is 4.10. The summed E-state index contributed by atoms with van der Waals surface area (Å²) in [6, 6.07) is 25.2. The maximum atomic E-state index is 13.9. The van der Waals surface area contributed by atoms with Crippen molar-refractivity contribution in [3.05, 3.63) is 117 Å². The summed E-state index contributed by atoms with van der Waals surface area (Å²) in [6.07, 6.45) is 1.98. The van der Waals surface area contributed by atoms with Gasteiger partial charge >= 0.3 is 0 Å². The van der Waals surface area contributed by atoms with Crippen LogP contribution in [0.4, 0.5) is 5.69 Å². The maximum absolute atomic E-state index is 13.9. The Bertz CT molecular complexity index is 1340. The van der Waals surface area contributed by atoms with Gasteiger partial charge in [0.15, 0.2) is 0 Å². The summed E-state index contributed by atoms with van der Waals surface area (Å²) in [5.41, 5.74) is 5.75. The van der Waals surface area contributed by atoms with E-state index in [0.29, 0.717) is 18.5 Å². The quantitative estimate of drug-likeness (QED) is 0.207. The average molecular weight is 534 g/mol. The fraction of sp³-hybridized carbons (Fsp3) is 0.241. The normalized spacial score (nSPS) is 13.5. The van der Waals surface area contributed by atoms with Crippen LogP contribution in [-0.2, 0) is 35.3 Å². The number of carbonyl (C=O) groups is 1. The van der Waals surface area contributed by atoms with Crippen molar-refractivity contribution < 1.29 is 13.6 Å². The maximum Gasteiger partial charge on any atom is 0.259 e.